The molecule has 1 amide bonds. The molecule has 12 heteroatoms. The fourth-order valence-corrected chi connectivity index (χ4v) is 7.07. The third kappa shape index (κ3) is 10.1. The Kier molecular flexibility index (Phi) is 13.2. The fourth-order valence-electron chi connectivity index (χ4n) is 6.16. The van der Waals surface area contributed by atoms with Crippen molar-refractivity contribution in [2.24, 2.45) is 0 Å². The second kappa shape index (κ2) is 18.6. The number of aliphatic hydroxyl groups is 1. The summed E-state index contributed by atoms with van der Waals surface area (Å²) < 4.78 is 14.9. The number of nitrogens with one attached hydrogen (secondary N) is 1. The van der Waals surface area contributed by atoms with Gasteiger partial charge in [0.2, 0.25) is 11.1 Å². The Morgan fingerprint density at radius 3 is 2.29 bits per heavy atom. The standard InChI is InChI=1S/C40H43N5O6S/c46-26-28-16-18-30(19-17-28)36-24-34(27-52-40-42-43-44-45(40)33-11-4-3-5-12-33)50-39(51-36)31-22-20-29(21-23-31)35-13-9-8-10-32(35)25-41-37(47)14-6-1-2-7-15-38(48)49/h3-5,8-13,16-23,34,36,39,46H,1-2,6-7,14-15,24-27H2,(H,41,47)(H,48,49)/t34-,36+,39+/m0/s1. The smallest absolute Gasteiger partial charge is 0.303 e. The first-order valence-electron chi connectivity index (χ1n) is 17.6. The van der Waals surface area contributed by atoms with Crippen molar-refractivity contribution in [2.75, 3.05) is 5.75 Å². The van der Waals surface area contributed by atoms with Gasteiger partial charge in [-0.1, -0.05) is 116 Å². The molecule has 52 heavy (non-hydrogen) atoms. The molecule has 2 heterocycles. The molecule has 0 spiro atoms. The van der Waals surface area contributed by atoms with Gasteiger partial charge in [-0.15, -0.1) is 5.10 Å². The predicted octanol–water partition coefficient (Wildman–Crippen LogP) is 7.20. The molecule has 1 aliphatic rings. The van der Waals surface area contributed by atoms with Crippen molar-refractivity contribution < 1.29 is 29.3 Å². The zero-order valence-corrected chi connectivity index (χ0v) is 29.7. The molecule has 4 aromatic carbocycles. The highest BCUT2D eigenvalue weighted by Gasteiger charge is 2.33. The van der Waals surface area contributed by atoms with Gasteiger partial charge in [-0.2, -0.15) is 4.68 Å². The van der Waals surface area contributed by atoms with Gasteiger partial charge in [0, 0.05) is 37.1 Å². The number of carboxylic acid groups (broad SMARTS) is 1. The van der Waals surface area contributed by atoms with Gasteiger partial charge in [0.25, 0.3) is 0 Å². The topological polar surface area (TPSA) is 149 Å². The summed E-state index contributed by atoms with van der Waals surface area (Å²) in [6.45, 7) is 0.390. The average Bonchev–Trinajstić information content (AvgIpc) is 3.67. The van der Waals surface area contributed by atoms with E-state index in [1.54, 1.807) is 4.68 Å². The second-order valence-electron chi connectivity index (χ2n) is 12.7. The summed E-state index contributed by atoms with van der Waals surface area (Å²) in [5, 5.41) is 34.4. The molecule has 11 nitrogen and oxygen atoms in total. The molecule has 270 valence electrons. The molecule has 6 rings (SSSR count). The van der Waals surface area contributed by atoms with Crippen molar-refractivity contribution in [1.82, 2.24) is 25.5 Å². The maximum absolute atomic E-state index is 12.6. The normalized spacial score (nSPS) is 17.1. The number of carbonyl (C=O) groups is 2. The van der Waals surface area contributed by atoms with Gasteiger partial charge in [-0.3, -0.25) is 9.59 Å². The summed E-state index contributed by atoms with van der Waals surface area (Å²) in [7, 11) is 0. The lowest BCUT2D eigenvalue weighted by atomic mass is 9.97. The van der Waals surface area contributed by atoms with Gasteiger partial charge in [-0.05, 0) is 63.2 Å². The van der Waals surface area contributed by atoms with Crippen molar-refractivity contribution in [2.45, 2.75) is 81.8 Å². The number of rotatable bonds is 17. The van der Waals surface area contributed by atoms with Crippen molar-refractivity contribution in [3.63, 3.8) is 0 Å². The minimum absolute atomic E-state index is 0.0141. The Labute approximate surface area is 307 Å². The Balaban J connectivity index is 1.12. The van der Waals surface area contributed by atoms with E-state index in [4.69, 9.17) is 14.6 Å². The van der Waals surface area contributed by atoms with Crippen molar-refractivity contribution in [3.05, 3.63) is 125 Å². The molecule has 5 aromatic rings. The van der Waals surface area contributed by atoms with E-state index >= 15 is 0 Å². The fraction of sp³-hybridized carbons (Fsp3) is 0.325. The number of tetrazole rings is 1. The van der Waals surface area contributed by atoms with Crippen LogP contribution in [-0.2, 0) is 32.2 Å². The van der Waals surface area contributed by atoms with E-state index in [0.717, 1.165) is 58.3 Å². The Morgan fingerprint density at radius 2 is 1.54 bits per heavy atom. The molecule has 0 unspecified atom stereocenters. The van der Waals surface area contributed by atoms with Crippen LogP contribution in [0, 0.1) is 0 Å². The van der Waals surface area contributed by atoms with E-state index < -0.39 is 12.3 Å². The van der Waals surface area contributed by atoms with Crippen LogP contribution in [0.15, 0.2) is 108 Å². The highest BCUT2D eigenvalue weighted by atomic mass is 32.2. The summed E-state index contributed by atoms with van der Waals surface area (Å²) >= 11 is 1.54. The Bertz CT molecular complexity index is 1890. The molecular weight excluding hydrogens is 679 g/mol. The second-order valence-corrected chi connectivity index (χ2v) is 13.7. The van der Waals surface area contributed by atoms with Crippen LogP contribution in [0.3, 0.4) is 0 Å². The number of thioether (sulfide) groups is 1. The van der Waals surface area contributed by atoms with Gasteiger partial charge in [-0.25, -0.2) is 0 Å². The van der Waals surface area contributed by atoms with E-state index in [9.17, 15) is 14.7 Å². The zero-order chi connectivity index (χ0) is 36.1. The third-order valence-electron chi connectivity index (χ3n) is 8.99. The van der Waals surface area contributed by atoms with Crippen LogP contribution in [0.2, 0.25) is 0 Å². The molecule has 1 aromatic heterocycles. The van der Waals surface area contributed by atoms with Gasteiger partial charge >= 0.3 is 5.97 Å². The van der Waals surface area contributed by atoms with Crippen molar-refractivity contribution in [1.29, 1.82) is 0 Å². The van der Waals surface area contributed by atoms with Crippen LogP contribution < -0.4 is 5.32 Å². The van der Waals surface area contributed by atoms with Crippen LogP contribution in [-0.4, -0.2) is 54.2 Å². The summed E-state index contributed by atoms with van der Waals surface area (Å²) in [5.74, 6) is -0.184. The van der Waals surface area contributed by atoms with E-state index in [1.165, 1.54) is 11.8 Å². The summed E-state index contributed by atoms with van der Waals surface area (Å²) in [6, 6.07) is 33.8. The van der Waals surface area contributed by atoms with Gasteiger partial charge in [0.15, 0.2) is 6.29 Å². The quantitative estimate of drug-likeness (QED) is 0.0665. The number of aliphatic carboxylic acids is 1. The molecule has 0 radical (unpaired) electrons. The number of para-hydroxylation sites is 1. The van der Waals surface area contributed by atoms with Gasteiger partial charge in [0.1, 0.15) is 0 Å². The largest absolute Gasteiger partial charge is 0.481 e. The van der Waals surface area contributed by atoms with Crippen molar-refractivity contribution >= 4 is 23.6 Å². The SMILES string of the molecule is O=C(O)CCCCCCC(=O)NCc1ccccc1-c1ccc([C@@H]2O[C@H](CSc3nnnn3-c3ccccc3)C[C@H](c3ccc(CO)cc3)O2)cc1. The summed E-state index contributed by atoms with van der Waals surface area (Å²) in [6.07, 6.45) is 3.24. The number of amides is 1. The Morgan fingerprint density at radius 1 is 0.827 bits per heavy atom. The lowest BCUT2D eigenvalue weighted by Gasteiger charge is -2.36. The van der Waals surface area contributed by atoms with E-state index in [0.29, 0.717) is 36.7 Å². The van der Waals surface area contributed by atoms with E-state index in [1.807, 2.05) is 84.9 Å². The molecular formula is C40H43N5O6S. The molecule has 0 saturated carbocycles. The molecule has 1 aliphatic heterocycles. The van der Waals surface area contributed by atoms with Crippen LogP contribution in [0.4, 0.5) is 0 Å². The van der Waals surface area contributed by atoms with Crippen LogP contribution in [0.1, 0.15) is 79.6 Å². The summed E-state index contributed by atoms with van der Waals surface area (Å²) in [5.41, 5.74) is 6.68. The molecule has 1 fully saturated rings. The third-order valence-corrected chi connectivity index (χ3v) is 10.0. The molecule has 1 saturated heterocycles. The maximum Gasteiger partial charge on any atom is 0.303 e. The number of nitrogens with zero attached hydrogens (tertiary/aromatic N) is 4. The number of aliphatic hydroxyl groups excluding tert-OH is 1. The number of aromatic nitrogens is 4. The number of hydrogen-bond donors (Lipinski definition) is 3. The Hall–Kier alpha value is -4.88. The number of ether oxygens (including phenoxy) is 2. The zero-order valence-electron chi connectivity index (χ0n) is 28.8. The number of carboxylic acids is 1. The monoisotopic (exact) mass is 721 g/mol. The van der Waals surface area contributed by atoms with Crippen LogP contribution in [0.5, 0.6) is 0 Å². The van der Waals surface area contributed by atoms with Crippen LogP contribution >= 0.6 is 11.8 Å². The predicted molar refractivity (Wildman–Crippen MR) is 197 cm³/mol. The maximum atomic E-state index is 12.6. The number of benzene rings is 4. The molecule has 0 aliphatic carbocycles. The average molecular weight is 722 g/mol. The van der Waals surface area contributed by atoms with E-state index in [2.05, 4.69) is 39.0 Å². The van der Waals surface area contributed by atoms with E-state index in [-0.39, 0.29) is 31.1 Å². The molecule has 3 atom stereocenters. The first-order chi connectivity index (χ1) is 25.5. The number of hydrogen-bond acceptors (Lipinski definition) is 9. The first kappa shape index (κ1) is 36.9. The minimum atomic E-state index is -0.781. The minimum Gasteiger partial charge on any atom is -0.481 e. The molecule has 0 bridgehead atoms. The lowest BCUT2D eigenvalue weighted by molar-refractivity contribution is -0.245. The number of unbranched alkanes of at least 4 members (excludes halogenated alkanes) is 3. The van der Waals surface area contributed by atoms with Crippen LogP contribution in [0.25, 0.3) is 16.8 Å². The van der Waals surface area contributed by atoms with Crippen molar-refractivity contribution in [3.8, 4) is 16.8 Å². The highest BCUT2D eigenvalue weighted by Crippen LogP contribution is 2.40. The van der Waals surface area contributed by atoms with Gasteiger partial charge < -0.3 is 25.0 Å². The lowest BCUT2D eigenvalue weighted by Crippen LogP contribution is -2.31. The first-order valence-corrected chi connectivity index (χ1v) is 18.6. The molecule has 3 N–H and O–H groups in total. The van der Waals surface area contributed by atoms with Gasteiger partial charge in [0.05, 0.1) is 24.5 Å². The highest BCUT2D eigenvalue weighted by molar-refractivity contribution is 7.99. The number of carbonyl (C=O) groups excluding carboxylic acids is 1. The summed E-state index contributed by atoms with van der Waals surface area (Å²) in [4.78, 5) is 23.2.